The molecule has 0 saturated heterocycles. The summed E-state index contributed by atoms with van der Waals surface area (Å²) in [4.78, 5) is 25.0. The minimum Gasteiger partial charge on any atom is -0.497 e. The lowest BCUT2D eigenvalue weighted by molar-refractivity contribution is -0.158. The molecule has 1 atom stereocenters. The third-order valence-electron chi connectivity index (χ3n) is 3.59. The van der Waals surface area contributed by atoms with Crippen LogP contribution < -0.4 is 9.47 Å². The number of aliphatic carboxylic acids is 1. The summed E-state index contributed by atoms with van der Waals surface area (Å²) in [5, 5.41) is 9.70. The van der Waals surface area contributed by atoms with Gasteiger partial charge in [-0.1, -0.05) is 0 Å². The van der Waals surface area contributed by atoms with Crippen LogP contribution in [0.3, 0.4) is 0 Å². The fourth-order valence-electron chi connectivity index (χ4n) is 2.43. The highest BCUT2D eigenvalue weighted by molar-refractivity contribution is 5.87. The topological polar surface area (TPSA) is 76.1 Å². The molecule has 1 N–H and O–H groups in total. The van der Waals surface area contributed by atoms with E-state index in [1.807, 2.05) is 0 Å². The zero-order chi connectivity index (χ0) is 16.2. The van der Waals surface area contributed by atoms with Crippen LogP contribution in [0.5, 0.6) is 11.5 Å². The molecular formula is C15H21NO5. The lowest BCUT2D eigenvalue weighted by Crippen LogP contribution is -2.52. The number of amides is 1. The van der Waals surface area contributed by atoms with Gasteiger partial charge in [0.2, 0.25) is 5.91 Å². The summed E-state index contributed by atoms with van der Waals surface area (Å²) >= 11 is 0. The molecule has 0 aliphatic carbocycles. The SMILES string of the molecule is CCN(C(C)=O)C(C)(C(=O)O)c1ccc(OC)cc1OC. The molecule has 0 aliphatic heterocycles. The number of nitrogens with zero attached hydrogens (tertiary/aromatic N) is 1. The van der Waals surface area contributed by atoms with Gasteiger partial charge in [0, 0.05) is 25.1 Å². The predicted octanol–water partition coefficient (Wildman–Crippen LogP) is 1.87. The predicted molar refractivity (Wildman–Crippen MR) is 77.6 cm³/mol. The normalized spacial score (nSPS) is 13.2. The smallest absolute Gasteiger partial charge is 0.334 e. The zero-order valence-corrected chi connectivity index (χ0v) is 13.0. The van der Waals surface area contributed by atoms with E-state index in [-0.39, 0.29) is 12.5 Å². The molecule has 116 valence electrons. The van der Waals surface area contributed by atoms with Crippen molar-refractivity contribution < 1.29 is 24.2 Å². The number of hydrogen-bond donors (Lipinski definition) is 1. The van der Waals surface area contributed by atoms with Gasteiger partial charge in [-0.3, -0.25) is 4.79 Å². The van der Waals surface area contributed by atoms with Crippen molar-refractivity contribution in [2.75, 3.05) is 20.8 Å². The molecule has 0 fully saturated rings. The Hall–Kier alpha value is -2.24. The van der Waals surface area contributed by atoms with Gasteiger partial charge < -0.3 is 19.5 Å². The first kappa shape index (κ1) is 16.8. The molecule has 1 aromatic rings. The Labute approximate surface area is 124 Å². The van der Waals surface area contributed by atoms with Crippen LogP contribution in [0.25, 0.3) is 0 Å². The van der Waals surface area contributed by atoms with Crippen LogP contribution in [0.1, 0.15) is 26.3 Å². The lowest BCUT2D eigenvalue weighted by atomic mass is 9.88. The lowest BCUT2D eigenvalue weighted by Gasteiger charge is -2.37. The van der Waals surface area contributed by atoms with E-state index >= 15 is 0 Å². The molecule has 0 radical (unpaired) electrons. The van der Waals surface area contributed by atoms with Gasteiger partial charge in [0.1, 0.15) is 11.5 Å². The van der Waals surface area contributed by atoms with Crippen LogP contribution in [-0.4, -0.2) is 42.6 Å². The highest BCUT2D eigenvalue weighted by Crippen LogP contribution is 2.37. The molecule has 6 heteroatoms. The van der Waals surface area contributed by atoms with E-state index in [0.29, 0.717) is 17.1 Å². The van der Waals surface area contributed by atoms with Crippen molar-refractivity contribution in [3.05, 3.63) is 23.8 Å². The number of carbonyl (C=O) groups excluding carboxylic acids is 1. The Morgan fingerprint density at radius 1 is 1.29 bits per heavy atom. The maximum Gasteiger partial charge on any atom is 0.334 e. The maximum atomic E-state index is 11.9. The second-order valence-electron chi connectivity index (χ2n) is 4.71. The summed E-state index contributed by atoms with van der Waals surface area (Å²) in [6.45, 7) is 4.84. The van der Waals surface area contributed by atoms with E-state index in [0.717, 1.165) is 0 Å². The zero-order valence-electron chi connectivity index (χ0n) is 13.0. The van der Waals surface area contributed by atoms with Crippen LogP contribution in [0.15, 0.2) is 18.2 Å². The number of rotatable bonds is 6. The first-order valence-corrected chi connectivity index (χ1v) is 6.57. The van der Waals surface area contributed by atoms with Crippen molar-refractivity contribution in [2.24, 2.45) is 0 Å². The van der Waals surface area contributed by atoms with E-state index in [4.69, 9.17) is 9.47 Å². The number of hydrogen-bond acceptors (Lipinski definition) is 4. The van der Waals surface area contributed by atoms with E-state index in [2.05, 4.69) is 0 Å². The Balaban J connectivity index is 3.55. The quantitative estimate of drug-likeness (QED) is 0.867. The van der Waals surface area contributed by atoms with Crippen LogP contribution in [0, 0.1) is 0 Å². The summed E-state index contributed by atoms with van der Waals surface area (Å²) < 4.78 is 10.4. The molecule has 6 nitrogen and oxygen atoms in total. The van der Waals surface area contributed by atoms with Crippen LogP contribution in [0.4, 0.5) is 0 Å². The van der Waals surface area contributed by atoms with Gasteiger partial charge in [0.05, 0.1) is 14.2 Å². The molecule has 1 amide bonds. The molecular weight excluding hydrogens is 274 g/mol. The minimum atomic E-state index is -1.52. The van der Waals surface area contributed by atoms with Crippen molar-refractivity contribution in [3.8, 4) is 11.5 Å². The molecule has 0 aromatic heterocycles. The molecule has 0 saturated carbocycles. The largest absolute Gasteiger partial charge is 0.497 e. The highest BCUT2D eigenvalue weighted by Gasteiger charge is 2.44. The molecule has 0 bridgehead atoms. The third kappa shape index (κ3) is 2.94. The Kier molecular flexibility index (Phi) is 5.18. The number of methoxy groups -OCH3 is 2. The van der Waals surface area contributed by atoms with Crippen molar-refractivity contribution in [2.45, 2.75) is 26.3 Å². The van der Waals surface area contributed by atoms with Crippen molar-refractivity contribution in [1.29, 1.82) is 0 Å². The van der Waals surface area contributed by atoms with Crippen molar-refractivity contribution in [3.63, 3.8) is 0 Å². The van der Waals surface area contributed by atoms with Gasteiger partial charge in [-0.25, -0.2) is 4.79 Å². The minimum absolute atomic E-state index is 0.271. The molecule has 1 unspecified atom stereocenters. The van der Waals surface area contributed by atoms with Gasteiger partial charge in [0.15, 0.2) is 5.54 Å². The first-order valence-electron chi connectivity index (χ1n) is 6.57. The van der Waals surface area contributed by atoms with Gasteiger partial charge in [-0.05, 0) is 26.0 Å². The number of likely N-dealkylation sites (N-methyl/N-ethyl adjacent to an activating group) is 1. The van der Waals surface area contributed by atoms with Crippen LogP contribution >= 0.6 is 0 Å². The average Bonchev–Trinajstić information content (AvgIpc) is 2.46. The maximum absolute atomic E-state index is 11.9. The molecule has 0 aliphatic rings. The molecule has 1 rings (SSSR count). The van der Waals surface area contributed by atoms with Crippen molar-refractivity contribution in [1.82, 2.24) is 4.90 Å². The van der Waals surface area contributed by atoms with Gasteiger partial charge in [-0.15, -0.1) is 0 Å². The van der Waals surface area contributed by atoms with E-state index in [1.165, 1.54) is 33.0 Å². The summed E-state index contributed by atoms with van der Waals surface area (Å²) in [7, 11) is 2.96. The van der Waals surface area contributed by atoms with Gasteiger partial charge in [0.25, 0.3) is 0 Å². The summed E-state index contributed by atoms with van der Waals surface area (Å²) in [5.41, 5.74) is -1.12. The number of carboxylic acids is 1. The van der Waals surface area contributed by atoms with Crippen LogP contribution in [-0.2, 0) is 15.1 Å². The van der Waals surface area contributed by atoms with Crippen molar-refractivity contribution >= 4 is 11.9 Å². The number of carboxylic acid groups (broad SMARTS) is 1. The molecule has 0 spiro atoms. The Morgan fingerprint density at radius 3 is 2.29 bits per heavy atom. The monoisotopic (exact) mass is 295 g/mol. The molecule has 0 heterocycles. The standard InChI is InChI=1S/C15H21NO5/c1-6-16(10(2)17)15(3,14(18)19)12-8-7-11(20-4)9-13(12)21-5/h7-9H,6H2,1-5H3,(H,18,19). The number of carbonyl (C=O) groups is 2. The Bertz CT molecular complexity index is 543. The second-order valence-corrected chi connectivity index (χ2v) is 4.71. The number of benzene rings is 1. The third-order valence-corrected chi connectivity index (χ3v) is 3.59. The highest BCUT2D eigenvalue weighted by atomic mass is 16.5. The Morgan fingerprint density at radius 2 is 1.90 bits per heavy atom. The second kappa shape index (κ2) is 6.47. The van der Waals surface area contributed by atoms with E-state index < -0.39 is 11.5 Å². The molecule has 1 aromatic carbocycles. The van der Waals surface area contributed by atoms with Crippen LogP contribution in [0.2, 0.25) is 0 Å². The summed E-state index contributed by atoms with van der Waals surface area (Å²) in [6, 6.07) is 4.86. The average molecular weight is 295 g/mol. The van der Waals surface area contributed by atoms with Gasteiger partial charge in [-0.2, -0.15) is 0 Å². The van der Waals surface area contributed by atoms with E-state index in [9.17, 15) is 14.7 Å². The fourth-order valence-corrected chi connectivity index (χ4v) is 2.43. The number of ether oxygens (including phenoxy) is 2. The summed E-state index contributed by atoms with van der Waals surface area (Å²) in [5.74, 6) is -0.531. The molecule has 21 heavy (non-hydrogen) atoms. The fraction of sp³-hybridized carbons (Fsp3) is 0.467. The first-order chi connectivity index (χ1) is 9.82. The van der Waals surface area contributed by atoms with E-state index in [1.54, 1.807) is 25.1 Å². The van der Waals surface area contributed by atoms with Gasteiger partial charge >= 0.3 is 5.97 Å². The summed E-state index contributed by atoms with van der Waals surface area (Å²) in [6.07, 6.45) is 0.